The Morgan fingerprint density at radius 1 is 0.484 bits per heavy atom. The summed E-state index contributed by atoms with van der Waals surface area (Å²) >= 11 is 0. The van der Waals surface area contributed by atoms with E-state index in [0.717, 1.165) is 83.5 Å². The molecule has 3 atom stereocenters. The summed E-state index contributed by atoms with van der Waals surface area (Å²) in [6.07, 6.45) is 64.7. The van der Waals surface area contributed by atoms with E-state index >= 15 is 0 Å². The van der Waals surface area contributed by atoms with E-state index in [2.05, 4.69) is 74.7 Å². The molecule has 0 spiro atoms. The van der Waals surface area contributed by atoms with E-state index in [4.69, 9.17) is 4.74 Å². The standard InChI is InChI=1S/C56H95NO5/c1-4-7-10-13-16-19-22-25-26-27-28-31-33-36-39-42-45-48-54(59)53(51-58)57-55(60)50-52(47-44-41-38-35-32-29-23-20-17-14-11-8-5-2)62-56(61)49-46-43-40-37-34-30-24-21-18-15-12-9-6-3/h8-9,11-12,14-15,17-18,20-21,23-24,29,32,35,38,52-54,58-59H,4-7,10,13,16,19,22,25-28,30-31,33-34,36-37,39-51H2,1-3H3,(H,57,60)/b11-8+,12-9+,17-14+,18-15+,23-20-,24-21-,32-29-,38-35+. The van der Waals surface area contributed by atoms with Crippen LogP contribution in [-0.2, 0) is 14.3 Å². The second-order valence-corrected chi connectivity index (χ2v) is 17.0. The molecule has 1 amide bonds. The van der Waals surface area contributed by atoms with Crippen LogP contribution in [0, 0.1) is 0 Å². The summed E-state index contributed by atoms with van der Waals surface area (Å²) in [6, 6.07) is -0.734. The van der Waals surface area contributed by atoms with Gasteiger partial charge in [0.05, 0.1) is 25.2 Å². The van der Waals surface area contributed by atoms with Crippen LogP contribution in [0.5, 0.6) is 0 Å². The minimum atomic E-state index is -0.816. The Hall–Kier alpha value is -3.22. The number of carbonyl (C=O) groups excluding carboxylic acids is 2. The normalized spacial score (nSPS) is 14.1. The lowest BCUT2D eigenvalue weighted by Gasteiger charge is -2.24. The quantitative estimate of drug-likeness (QED) is 0.0322. The van der Waals surface area contributed by atoms with Gasteiger partial charge in [0.2, 0.25) is 5.91 Å². The van der Waals surface area contributed by atoms with Crippen LogP contribution >= 0.6 is 0 Å². The van der Waals surface area contributed by atoms with E-state index in [-0.39, 0.29) is 24.9 Å². The van der Waals surface area contributed by atoms with Gasteiger partial charge in [-0.15, -0.1) is 0 Å². The van der Waals surface area contributed by atoms with Crippen LogP contribution < -0.4 is 5.32 Å². The third-order valence-corrected chi connectivity index (χ3v) is 11.1. The van der Waals surface area contributed by atoms with Crippen molar-refractivity contribution >= 4 is 11.9 Å². The fourth-order valence-corrected chi connectivity index (χ4v) is 7.28. The molecule has 0 rings (SSSR count). The molecule has 6 nitrogen and oxygen atoms in total. The molecule has 0 aliphatic carbocycles. The van der Waals surface area contributed by atoms with Crippen LogP contribution in [0.3, 0.4) is 0 Å². The van der Waals surface area contributed by atoms with E-state index < -0.39 is 18.2 Å². The van der Waals surface area contributed by atoms with Crippen molar-refractivity contribution in [2.24, 2.45) is 0 Å². The highest BCUT2D eigenvalue weighted by molar-refractivity contribution is 5.77. The summed E-state index contributed by atoms with van der Waals surface area (Å²) < 4.78 is 5.87. The SMILES string of the molecule is CC/C=C/C=C/C=C\C=C/C=C/CCCC(CC(=O)NC(CO)C(O)CCCCCCCCCCCCCCCCCCC)OC(=O)CCCCCCC\C=C/C=C/C=C/CC. The lowest BCUT2D eigenvalue weighted by Crippen LogP contribution is -2.46. The van der Waals surface area contributed by atoms with Crippen molar-refractivity contribution in [1.29, 1.82) is 0 Å². The number of amides is 1. The van der Waals surface area contributed by atoms with Crippen molar-refractivity contribution in [3.63, 3.8) is 0 Å². The van der Waals surface area contributed by atoms with Crippen molar-refractivity contribution in [3.05, 3.63) is 97.2 Å². The zero-order valence-corrected chi connectivity index (χ0v) is 40.2. The maximum atomic E-state index is 13.2. The number of unbranched alkanes of at least 4 members (excludes halogenated alkanes) is 22. The number of aliphatic hydroxyl groups is 2. The molecule has 6 heteroatoms. The molecule has 62 heavy (non-hydrogen) atoms. The topological polar surface area (TPSA) is 95.9 Å². The van der Waals surface area contributed by atoms with Gasteiger partial charge < -0.3 is 20.3 Å². The smallest absolute Gasteiger partial charge is 0.306 e. The molecule has 354 valence electrons. The predicted octanol–water partition coefficient (Wildman–Crippen LogP) is 15.3. The number of allylic oxidation sites excluding steroid dienone is 16. The van der Waals surface area contributed by atoms with E-state index in [1.165, 1.54) is 89.9 Å². The van der Waals surface area contributed by atoms with Gasteiger partial charge in [-0.2, -0.15) is 0 Å². The molecule has 0 aromatic carbocycles. The van der Waals surface area contributed by atoms with Gasteiger partial charge in [0.25, 0.3) is 0 Å². The second-order valence-electron chi connectivity index (χ2n) is 17.0. The average Bonchev–Trinajstić information content (AvgIpc) is 3.26. The summed E-state index contributed by atoms with van der Waals surface area (Å²) in [7, 11) is 0. The van der Waals surface area contributed by atoms with Crippen LogP contribution in [0.25, 0.3) is 0 Å². The number of nitrogens with one attached hydrogen (secondary N) is 1. The molecular formula is C56H95NO5. The Morgan fingerprint density at radius 3 is 1.35 bits per heavy atom. The molecule has 0 fully saturated rings. The van der Waals surface area contributed by atoms with E-state index in [0.29, 0.717) is 19.3 Å². The minimum Gasteiger partial charge on any atom is -0.462 e. The van der Waals surface area contributed by atoms with Gasteiger partial charge in [0.1, 0.15) is 6.10 Å². The first kappa shape index (κ1) is 58.8. The Morgan fingerprint density at radius 2 is 0.887 bits per heavy atom. The molecule has 3 unspecified atom stereocenters. The monoisotopic (exact) mass is 862 g/mol. The number of carbonyl (C=O) groups is 2. The third-order valence-electron chi connectivity index (χ3n) is 11.1. The minimum absolute atomic E-state index is 0.0149. The van der Waals surface area contributed by atoms with Gasteiger partial charge in [-0.05, 0) is 57.8 Å². The molecule has 0 radical (unpaired) electrons. The summed E-state index contributed by atoms with van der Waals surface area (Å²) in [6.45, 7) is 6.18. The maximum Gasteiger partial charge on any atom is 0.306 e. The molecule has 0 bridgehead atoms. The Labute approximate surface area is 382 Å². The lowest BCUT2D eigenvalue weighted by molar-refractivity contribution is -0.151. The number of hydrogen-bond donors (Lipinski definition) is 3. The van der Waals surface area contributed by atoms with E-state index in [9.17, 15) is 19.8 Å². The fourth-order valence-electron chi connectivity index (χ4n) is 7.28. The first-order valence-electron chi connectivity index (χ1n) is 25.6. The van der Waals surface area contributed by atoms with Gasteiger partial charge in [-0.3, -0.25) is 9.59 Å². The summed E-state index contributed by atoms with van der Waals surface area (Å²) in [5, 5.41) is 23.8. The van der Waals surface area contributed by atoms with Crippen molar-refractivity contribution < 1.29 is 24.5 Å². The largest absolute Gasteiger partial charge is 0.462 e. The molecule has 0 saturated carbocycles. The molecule has 0 heterocycles. The number of ether oxygens (including phenoxy) is 1. The highest BCUT2D eigenvalue weighted by Gasteiger charge is 2.24. The fraction of sp³-hybridized carbons (Fsp3) is 0.679. The van der Waals surface area contributed by atoms with Crippen LogP contribution in [-0.4, -0.2) is 46.9 Å². The number of esters is 1. The molecule has 0 aliphatic rings. The van der Waals surface area contributed by atoms with Gasteiger partial charge >= 0.3 is 5.97 Å². The number of hydrogen-bond acceptors (Lipinski definition) is 5. The molecule has 0 saturated heterocycles. The van der Waals surface area contributed by atoms with E-state index in [1.54, 1.807) is 0 Å². The maximum absolute atomic E-state index is 13.2. The molecular weight excluding hydrogens is 767 g/mol. The predicted molar refractivity (Wildman–Crippen MR) is 268 cm³/mol. The van der Waals surface area contributed by atoms with Gasteiger partial charge in [0, 0.05) is 6.42 Å². The lowest BCUT2D eigenvalue weighted by atomic mass is 10.0. The Kier molecular flexibility index (Phi) is 46.3. The number of rotatable bonds is 44. The summed E-state index contributed by atoms with van der Waals surface area (Å²) in [5.74, 6) is -0.577. The Balaban J connectivity index is 4.65. The van der Waals surface area contributed by atoms with Crippen molar-refractivity contribution in [1.82, 2.24) is 5.32 Å². The summed E-state index contributed by atoms with van der Waals surface area (Å²) in [5.41, 5.74) is 0. The summed E-state index contributed by atoms with van der Waals surface area (Å²) in [4.78, 5) is 26.1. The molecule has 3 N–H and O–H groups in total. The van der Waals surface area contributed by atoms with Crippen LogP contribution in [0.1, 0.15) is 220 Å². The first-order valence-corrected chi connectivity index (χ1v) is 25.6. The third kappa shape index (κ3) is 43.4. The molecule has 0 aromatic heterocycles. The van der Waals surface area contributed by atoms with Crippen molar-refractivity contribution in [3.8, 4) is 0 Å². The molecule has 0 aliphatic heterocycles. The van der Waals surface area contributed by atoms with Crippen molar-refractivity contribution in [2.75, 3.05) is 6.61 Å². The first-order chi connectivity index (χ1) is 30.5. The van der Waals surface area contributed by atoms with E-state index in [1.807, 2.05) is 48.6 Å². The van der Waals surface area contributed by atoms with Gasteiger partial charge in [-0.25, -0.2) is 0 Å². The number of aliphatic hydroxyl groups excluding tert-OH is 2. The zero-order valence-electron chi connectivity index (χ0n) is 40.2. The van der Waals surface area contributed by atoms with Gasteiger partial charge in [0.15, 0.2) is 0 Å². The highest BCUT2D eigenvalue weighted by atomic mass is 16.5. The second kappa shape index (κ2) is 48.8. The molecule has 0 aromatic rings. The van der Waals surface area contributed by atoms with Crippen LogP contribution in [0.15, 0.2) is 97.2 Å². The zero-order chi connectivity index (χ0) is 45.2. The Bertz CT molecular complexity index is 1240. The van der Waals surface area contributed by atoms with Crippen LogP contribution in [0.2, 0.25) is 0 Å². The van der Waals surface area contributed by atoms with Gasteiger partial charge in [-0.1, -0.05) is 246 Å². The average molecular weight is 862 g/mol. The van der Waals surface area contributed by atoms with Crippen LogP contribution in [0.4, 0.5) is 0 Å². The van der Waals surface area contributed by atoms with Crippen molar-refractivity contribution in [2.45, 2.75) is 238 Å². The highest BCUT2D eigenvalue weighted by Crippen LogP contribution is 2.17.